The number of carbonyl (C=O) groups is 1. The first-order chi connectivity index (χ1) is 12.8. The molecule has 3 heterocycles. The van der Waals surface area contributed by atoms with E-state index in [2.05, 4.69) is 18.7 Å². The van der Waals surface area contributed by atoms with Gasteiger partial charge in [-0.1, -0.05) is 0 Å². The molecule has 1 aromatic heterocycles. The highest BCUT2D eigenvalue weighted by atomic mass is 16.2. The molecule has 0 aliphatic carbocycles. The maximum atomic E-state index is 13.0. The Morgan fingerprint density at radius 1 is 1.04 bits per heavy atom. The zero-order valence-electron chi connectivity index (χ0n) is 16.8. The molecule has 2 fully saturated rings. The van der Waals surface area contributed by atoms with Crippen molar-refractivity contribution < 1.29 is 4.79 Å². The lowest BCUT2D eigenvalue weighted by atomic mass is 9.96. The number of aromatic nitrogens is 2. The summed E-state index contributed by atoms with van der Waals surface area (Å²) in [5, 5.41) is 0. The highest BCUT2D eigenvalue weighted by Gasteiger charge is 2.32. The number of piperazine rings is 1. The van der Waals surface area contributed by atoms with Gasteiger partial charge in [0, 0.05) is 65.5 Å². The quantitative estimate of drug-likeness (QED) is 0.733. The van der Waals surface area contributed by atoms with Gasteiger partial charge in [0.2, 0.25) is 5.91 Å². The zero-order chi connectivity index (χ0) is 19.7. The van der Waals surface area contributed by atoms with Crippen molar-refractivity contribution in [2.75, 3.05) is 44.2 Å². The molecule has 1 aromatic rings. The van der Waals surface area contributed by atoms with Crippen LogP contribution in [-0.2, 0) is 18.9 Å². The van der Waals surface area contributed by atoms with Gasteiger partial charge < -0.3 is 9.80 Å². The molecule has 0 bridgehead atoms. The van der Waals surface area contributed by atoms with Gasteiger partial charge in [-0.05, 0) is 26.7 Å². The zero-order valence-corrected chi connectivity index (χ0v) is 16.8. The van der Waals surface area contributed by atoms with E-state index in [9.17, 15) is 14.4 Å². The third-order valence-electron chi connectivity index (χ3n) is 5.95. The van der Waals surface area contributed by atoms with E-state index < -0.39 is 0 Å². The second kappa shape index (κ2) is 7.88. The lowest BCUT2D eigenvalue weighted by molar-refractivity contribution is -0.137. The number of carbonyl (C=O) groups excluding carboxylic acids is 1. The van der Waals surface area contributed by atoms with Crippen molar-refractivity contribution in [1.29, 1.82) is 0 Å². The van der Waals surface area contributed by atoms with Gasteiger partial charge in [-0.2, -0.15) is 0 Å². The van der Waals surface area contributed by atoms with Crippen LogP contribution in [0.3, 0.4) is 0 Å². The van der Waals surface area contributed by atoms with Crippen molar-refractivity contribution in [2.24, 2.45) is 20.0 Å². The Morgan fingerprint density at radius 2 is 1.70 bits per heavy atom. The molecule has 2 saturated heterocycles. The van der Waals surface area contributed by atoms with Gasteiger partial charge in [-0.3, -0.25) is 23.6 Å². The van der Waals surface area contributed by atoms with Crippen molar-refractivity contribution in [1.82, 2.24) is 18.9 Å². The summed E-state index contributed by atoms with van der Waals surface area (Å²) in [6.07, 6.45) is 1.74. The first-order valence-electron chi connectivity index (χ1n) is 9.84. The van der Waals surface area contributed by atoms with Gasteiger partial charge in [0.15, 0.2) is 0 Å². The number of amides is 1. The van der Waals surface area contributed by atoms with E-state index >= 15 is 0 Å². The lowest BCUT2D eigenvalue weighted by Crippen LogP contribution is -2.54. The molecule has 1 atom stereocenters. The van der Waals surface area contributed by atoms with Crippen molar-refractivity contribution >= 4 is 11.7 Å². The third-order valence-corrected chi connectivity index (χ3v) is 5.95. The number of anilines is 1. The maximum absolute atomic E-state index is 13.0. The van der Waals surface area contributed by atoms with Gasteiger partial charge >= 0.3 is 5.69 Å². The minimum absolute atomic E-state index is 0.0801. The predicted molar refractivity (Wildman–Crippen MR) is 105 cm³/mol. The topological polar surface area (TPSA) is 70.8 Å². The summed E-state index contributed by atoms with van der Waals surface area (Å²) in [6, 6.07) is 2.00. The Morgan fingerprint density at radius 3 is 2.33 bits per heavy atom. The third kappa shape index (κ3) is 3.95. The molecule has 3 rings (SSSR count). The Kier molecular flexibility index (Phi) is 5.74. The smallest absolute Gasteiger partial charge is 0.332 e. The molecular formula is C19H31N5O3. The molecule has 8 heteroatoms. The Hall–Kier alpha value is -2.09. The highest BCUT2D eigenvalue weighted by molar-refractivity contribution is 5.80. The molecule has 8 nitrogen and oxygen atoms in total. The Bertz CT molecular complexity index is 805. The highest BCUT2D eigenvalue weighted by Crippen LogP contribution is 2.23. The van der Waals surface area contributed by atoms with Gasteiger partial charge in [0.1, 0.15) is 5.82 Å². The predicted octanol–water partition coefficient (Wildman–Crippen LogP) is -0.147. The van der Waals surface area contributed by atoms with Crippen molar-refractivity contribution in [3.63, 3.8) is 0 Å². The number of rotatable bonds is 3. The molecule has 0 saturated carbocycles. The molecule has 0 N–H and O–H groups in total. The monoisotopic (exact) mass is 377 g/mol. The standard InChI is InChI=1S/C19H31N5O3/c1-14(2)22-8-10-23(11-9-22)18(26)15-6-5-7-24(13-15)16-12-17(25)21(4)19(27)20(16)3/h12,14-15H,5-11,13H2,1-4H3. The summed E-state index contributed by atoms with van der Waals surface area (Å²) >= 11 is 0. The van der Waals surface area contributed by atoms with Crippen LogP contribution in [0.25, 0.3) is 0 Å². The van der Waals surface area contributed by atoms with Gasteiger partial charge in [-0.25, -0.2) is 4.79 Å². The minimum atomic E-state index is -0.337. The second-order valence-corrected chi connectivity index (χ2v) is 7.98. The second-order valence-electron chi connectivity index (χ2n) is 7.98. The van der Waals surface area contributed by atoms with E-state index in [1.807, 2.05) is 9.80 Å². The average molecular weight is 377 g/mol. The van der Waals surface area contributed by atoms with Crippen LogP contribution in [0.4, 0.5) is 5.82 Å². The molecule has 0 radical (unpaired) electrons. The Labute approximate surface area is 160 Å². The fourth-order valence-corrected chi connectivity index (χ4v) is 4.13. The van der Waals surface area contributed by atoms with E-state index in [-0.39, 0.29) is 23.1 Å². The minimum Gasteiger partial charge on any atom is -0.357 e. The fraction of sp³-hybridized carbons (Fsp3) is 0.737. The largest absolute Gasteiger partial charge is 0.357 e. The van der Waals surface area contributed by atoms with Crippen LogP contribution in [0, 0.1) is 5.92 Å². The lowest BCUT2D eigenvalue weighted by Gasteiger charge is -2.40. The summed E-state index contributed by atoms with van der Waals surface area (Å²) in [6.45, 7) is 9.08. The van der Waals surface area contributed by atoms with E-state index in [1.165, 1.54) is 17.7 Å². The summed E-state index contributed by atoms with van der Waals surface area (Å²) in [4.78, 5) is 43.7. The van der Waals surface area contributed by atoms with Gasteiger partial charge in [-0.15, -0.1) is 0 Å². The first kappa shape index (κ1) is 19.7. The van der Waals surface area contributed by atoms with E-state index in [1.54, 1.807) is 7.05 Å². The average Bonchev–Trinajstić information content (AvgIpc) is 2.68. The molecule has 1 unspecified atom stereocenters. The van der Waals surface area contributed by atoms with Crippen LogP contribution in [0.2, 0.25) is 0 Å². The van der Waals surface area contributed by atoms with Gasteiger partial charge in [0.05, 0.1) is 5.92 Å². The van der Waals surface area contributed by atoms with Crippen LogP contribution in [0.5, 0.6) is 0 Å². The molecule has 27 heavy (non-hydrogen) atoms. The van der Waals surface area contributed by atoms with Crippen molar-refractivity contribution in [2.45, 2.75) is 32.7 Å². The van der Waals surface area contributed by atoms with Crippen LogP contribution in [0.1, 0.15) is 26.7 Å². The number of hydrogen-bond acceptors (Lipinski definition) is 5. The summed E-state index contributed by atoms with van der Waals surface area (Å²) < 4.78 is 2.60. The SMILES string of the molecule is CC(C)N1CCN(C(=O)C2CCCN(c3cc(=O)n(C)c(=O)n3C)C2)CC1. The molecule has 150 valence electrons. The first-order valence-corrected chi connectivity index (χ1v) is 9.84. The molecule has 2 aliphatic rings. The molecule has 0 spiro atoms. The van der Waals surface area contributed by atoms with Crippen LogP contribution in [0.15, 0.2) is 15.7 Å². The van der Waals surface area contributed by atoms with Crippen LogP contribution >= 0.6 is 0 Å². The summed E-state index contributed by atoms with van der Waals surface area (Å²) in [5.41, 5.74) is -0.651. The number of piperidine rings is 1. The van der Waals surface area contributed by atoms with Crippen molar-refractivity contribution in [3.05, 3.63) is 26.9 Å². The van der Waals surface area contributed by atoms with E-state index in [0.717, 1.165) is 50.1 Å². The molecule has 2 aliphatic heterocycles. The van der Waals surface area contributed by atoms with E-state index in [4.69, 9.17) is 0 Å². The molecular weight excluding hydrogens is 346 g/mol. The summed E-state index contributed by atoms with van der Waals surface area (Å²) in [7, 11) is 3.15. The van der Waals surface area contributed by atoms with Crippen molar-refractivity contribution in [3.8, 4) is 0 Å². The van der Waals surface area contributed by atoms with E-state index in [0.29, 0.717) is 18.4 Å². The number of hydrogen-bond donors (Lipinski definition) is 0. The van der Waals surface area contributed by atoms with Crippen LogP contribution in [-0.4, -0.2) is 70.2 Å². The maximum Gasteiger partial charge on any atom is 0.332 e. The Balaban J connectivity index is 1.71. The summed E-state index contributed by atoms with van der Waals surface area (Å²) in [5.74, 6) is 0.727. The molecule has 1 amide bonds. The van der Waals surface area contributed by atoms with Gasteiger partial charge in [0.25, 0.3) is 5.56 Å². The normalized spacial score (nSPS) is 21.7. The fourth-order valence-electron chi connectivity index (χ4n) is 4.13. The molecule has 0 aromatic carbocycles. The number of nitrogens with zero attached hydrogens (tertiary/aromatic N) is 5. The van der Waals surface area contributed by atoms with Crippen LogP contribution < -0.4 is 16.1 Å².